The fourth-order valence-corrected chi connectivity index (χ4v) is 3.11. The second kappa shape index (κ2) is 5.90. The van der Waals surface area contributed by atoms with Crippen LogP contribution in [-0.4, -0.2) is 54.4 Å². The molecule has 1 N–H and O–H groups in total. The van der Waals surface area contributed by atoms with E-state index in [2.05, 4.69) is 16.9 Å². The number of aromatic nitrogens is 1. The number of benzene rings is 1. The molecule has 1 amide bonds. The van der Waals surface area contributed by atoms with E-state index in [4.69, 9.17) is 0 Å². The summed E-state index contributed by atoms with van der Waals surface area (Å²) >= 11 is 0. The monoisotopic (exact) mass is 285 g/mol. The first-order chi connectivity index (χ1) is 10.1. The van der Waals surface area contributed by atoms with Gasteiger partial charge in [-0.05, 0) is 51.0 Å². The lowest BCUT2D eigenvalue weighted by Gasteiger charge is -2.31. The molecule has 1 aliphatic heterocycles. The second-order valence-corrected chi connectivity index (χ2v) is 6.20. The van der Waals surface area contributed by atoms with Crippen LogP contribution in [0, 0.1) is 5.92 Å². The van der Waals surface area contributed by atoms with Crippen molar-refractivity contribution < 1.29 is 4.79 Å². The summed E-state index contributed by atoms with van der Waals surface area (Å²) in [6.45, 7) is 3.13. The van der Waals surface area contributed by atoms with Gasteiger partial charge in [-0.25, -0.2) is 0 Å². The van der Waals surface area contributed by atoms with Crippen molar-refractivity contribution in [2.24, 2.45) is 5.92 Å². The minimum atomic E-state index is 0.0881. The van der Waals surface area contributed by atoms with E-state index in [0.29, 0.717) is 11.6 Å². The van der Waals surface area contributed by atoms with Crippen LogP contribution in [0.4, 0.5) is 0 Å². The average Bonchev–Trinajstić information content (AvgIpc) is 2.92. The number of carbonyl (C=O) groups excluding carboxylic acids is 1. The molecule has 0 spiro atoms. The summed E-state index contributed by atoms with van der Waals surface area (Å²) < 4.78 is 0. The summed E-state index contributed by atoms with van der Waals surface area (Å²) in [5.74, 6) is 0.713. The van der Waals surface area contributed by atoms with E-state index < -0.39 is 0 Å². The van der Waals surface area contributed by atoms with Gasteiger partial charge in [-0.2, -0.15) is 0 Å². The van der Waals surface area contributed by atoms with E-state index in [9.17, 15) is 4.79 Å². The average molecular weight is 285 g/mol. The van der Waals surface area contributed by atoms with Gasteiger partial charge < -0.3 is 14.8 Å². The number of rotatable bonds is 3. The molecule has 1 aromatic carbocycles. The molecule has 1 saturated heterocycles. The zero-order valence-electron chi connectivity index (χ0n) is 12.8. The molecule has 0 aliphatic carbocycles. The van der Waals surface area contributed by atoms with E-state index in [0.717, 1.165) is 30.5 Å². The van der Waals surface area contributed by atoms with Crippen molar-refractivity contribution >= 4 is 16.8 Å². The van der Waals surface area contributed by atoms with Gasteiger partial charge >= 0.3 is 0 Å². The largest absolute Gasteiger partial charge is 0.351 e. The predicted molar refractivity (Wildman–Crippen MR) is 85.5 cm³/mol. The highest BCUT2D eigenvalue weighted by molar-refractivity contribution is 5.97. The first-order valence-electron chi connectivity index (χ1n) is 7.65. The number of hydrogen-bond acceptors (Lipinski definition) is 2. The lowest BCUT2D eigenvalue weighted by molar-refractivity contribution is 0.0742. The third-order valence-corrected chi connectivity index (χ3v) is 4.48. The first kappa shape index (κ1) is 14.1. The third kappa shape index (κ3) is 3.10. The fraction of sp³-hybridized carbons (Fsp3) is 0.471. The third-order valence-electron chi connectivity index (χ3n) is 4.48. The Morgan fingerprint density at radius 1 is 1.33 bits per heavy atom. The van der Waals surface area contributed by atoms with Crippen LogP contribution in [-0.2, 0) is 0 Å². The molecule has 0 unspecified atom stereocenters. The Bertz CT molecular complexity index is 593. The number of amides is 1. The van der Waals surface area contributed by atoms with Crippen molar-refractivity contribution in [2.45, 2.75) is 12.8 Å². The van der Waals surface area contributed by atoms with Crippen LogP contribution in [0.5, 0.6) is 0 Å². The van der Waals surface area contributed by atoms with Crippen molar-refractivity contribution in [2.75, 3.05) is 33.7 Å². The molecule has 4 nitrogen and oxygen atoms in total. The molecule has 0 saturated carbocycles. The summed E-state index contributed by atoms with van der Waals surface area (Å²) in [4.78, 5) is 20.0. The molecule has 112 valence electrons. The normalized spacial score (nSPS) is 17.2. The van der Waals surface area contributed by atoms with Crippen LogP contribution in [0.15, 0.2) is 30.3 Å². The molecule has 0 radical (unpaired) electrons. The second-order valence-electron chi connectivity index (χ2n) is 6.20. The van der Waals surface area contributed by atoms with Gasteiger partial charge in [0.05, 0.1) is 0 Å². The van der Waals surface area contributed by atoms with Gasteiger partial charge in [0, 0.05) is 24.5 Å². The van der Waals surface area contributed by atoms with Crippen molar-refractivity contribution in [1.82, 2.24) is 14.8 Å². The Morgan fingerprint density at radius 3 is 2.76 bits per heavy atom. The van der Waals surface area contributed by atoms with Gasteiger partial charge in [0.1, 0.15) is 5.69 Å². The zero-order chi connectivity index (χ0) is 14.8. The van der Waals surface area contributed by atoms with Crippen molar-refractivity contribution in [3.05, 3.63) is 36.0 Å². The summed E-state index contributed by atoms with van der Waals surface area (Å²) in [6, 6.07) is 9.95. The molecule has 3 rings (SSSR count). The maximum atomic E-state index is 12.5. The highest BCUT2D eigenvalue weighted by atomic mass is 16.2. The first-order valence-corrected chi connectivity index (χ1v) is 7.65. The molecule has 1 aliphatic rings. The summed E-state index contributed by atoms with van der Waals surface area (Å²) in [7, 11) is 4.07. The van der Waals surface area contributed by atoms with Gasteiger partial charge in [0.2, 0.25) is 0 Å². The summed E-state index contributed by atoms with van der Waals surface area (Å²) in [6.07, 6.45) is 2.36. The number of fused-ring (bicyclic) bond motifs is 1. The number of likely N-dealkylation sites (tertiary alicyclic amines) is 1. The molecule has 0 bridgehead atoms. The van der Waals surface area contributed by atoms with Gasteiger partial charge in [0.25, 0.3) is 5.91 Å². The van der Waals surface area contributed by atoms with Gasteiger partial charge in [0.15, 0.2) is 0 Å². The van der Waals surface area contributed by atoms with Crippen molar-refractivity contribution in [1.29, 1.82) is 0 Å². The van der Waals surface area contributed by atoms with E-state index in [1.54, 1.807) is 0 Å². The van der Waals surface area contributed by atoms with Gasteiger partial charge in [-0.1, -0.05) is 18.2 Å². The Labute approximate surface area is 125 Å². The standard InChI is InChI=1S/C17H23N3O/c1-19-9-7-13(8-10-19)12-20(2)17(21)16-11-14-5-3-4-6-15(14)18-16/h3-6,11,13,18H,7-10,12H2,1-2H3. The van der Waals surface area contributed by atoms with E-state index in [-0.39, 0.29) is 5.91 Å². The molecule has 2 aromatic rings. The lowest BCUT2D eigenvalue weighted by atomic mass is 9.96. The molecule has 1 aromatic heterocycles. The molecular formula is C17H23N3O. The van der Waals surface area contributed by atoms with Crippen LogP contribution < -0.4 is 0 Å². The van der Waals surface area contributed by atoms with Crippen molar-refractivity contribution in [3.63, 3.8) is 0 Å². The van der Waals surface area contributed by atoms with E-state index >= 15 is 0 Å². The highest BCUT2D eigenvalue weighted by Crippen LogP contribution is 2.19. The Kier molecular flexibility index (Phi) is 3.97. The number of para-hydroxylation sites is 1. The molecule has 1 fully saturated rings. The summed E-state index contributed by atoms with van der Waals surface area (Å²) in [5.41, 5.74) is 1.71. The Morgan fingerprint density at radius 2 is 2.05 bits per heavy atom. The number of carbonyl (C=O) groups is 1. The van der Waals surface area contributed by atoms with E-state index in [1.165, 1.54) is 12.8 Å². The number of hydrogen-bond donors (Lipinski definition) is 1. The summed E-state index contributed by atoms with van der Waals surface area (Å²) in [5, 5.41) is 1.09. The van der Waals surface area contributed by atoms with Gasteiger partial charge in [-0.3, -0.25) is 4.79 Å². The van der Waals surface area contributed by atoms with Crippen LogP contribution in [0.25, 0.3) is 10.9 Å². The fourth-order valence-electron chi connectivity index (χ4n) is 3.11. The Balaban J connectivity index is 1.66. The van der Waals surface area contributed by atoms with Crippen LogP contribution in [0.2, 0.25) is 0 Å². The lowest BCUT2D eigenvalue weighted by Crippen LogP contribution is -2.38. The maximum Gasteiger partial charge on any atom is 0.270 e. The molecule has 4 heteroatoms. The van der Waals surface area contributed by atoms with Crippen LogP contribution >= 0.6 is 0 Å². The van der Waals surface area contributed by atoms with Gasteiger partial charge in [-0.15, -0.1) is 0 Å². The molecular weight excluding hydrogens is 262 g/mol. The number of nitrogens with one attached hydrogen (secondary N) is 1. The maximum absolute atomic E-state index is 12.5. The molecule has 21 heavy (non-hydrogen) atoms. The molecule has 0 atom stereocenters. The molecule has 2 heterocycles. The number of H-pyrrole nitrogens is 1. The number of nitrogens with zero attached hydrogens (tertiary/aromatic N) is 2. The quantitative estimate of drug-likeness (QED) is 0.941. The van der Waals surface area contributed by atoms with Crippen LogP contribution in [0.3, 0.4) is 0 Å². The number of aromatic amines is 1. The zero-order valence-corrected chi connectivity index (χ0v) is 12.8. The predicted octanol–water partition coefficient (Wildman–Crippen LogP) is 2.58. The minimum Gasteiger partial charge on any atom is -0.351 e. The smallest absolute Gasteiger partial charge is 0.270 e. The van der Waals surface area contributed by atoms with Crippen LogP contribution in [0.1, 0.15) is 23.3 Å². The van der Waals surface area contributed by atoms with Crippen molar-refractivity contribution in [3.8, 4) is 0 Å². The highest BCUT2D eigenvalue weighted by Gasteiger charge is 2.21. The minimum absolute atomic E-state index is 0.0881. The Hall–Kier alpha value is -1.81. The topological polar surface area (TPSA) is 39.3 Å². The van der Waals surface area contributed by atoms with E-state index in [1.807, 2.05) is 42.3 Å². The number of piperidine rings is 1. The SMILES string of the molecule is CN1CCC(CN(C)C(=O)c2cc3ccccc3[nH]2)CC1.